The minimum Gasteiger partial charge on any atom is -0.436 e. The Labute approximate surface area is 281 Å². The number of benzene rings is 6. The van der Waals surface area contributed by atoms with E-state index in [1.165, 1.54) is 0 Å². The Morgan fingerprint density at radius 1 is 0.327 bits per heavy atom. The predicted molar refractivity (Wildman–Crippen MR) is 193 cm³/mol. The van der Waals surface area contributed by atoms with Crippen molar-refractivity contribution in [3.63, 3.8) is 0 Å². The lowest BCUT2D eigenvalue weighted by molar-refractivity contribution is 0.620. The molecule has 0 fully saturated rings. The third-order valence-corrected chi connectivity index (χ3v) is 8.36. The topological polar surface area (TPSA) is 90.5 Å². The first kappa shape index (κ1) is 28.4. The minimum absolute atomic E-state index is 0.554. The fraction of sp³-hybridized carbons (Fsp3) is 0. The summed E-state index contributed by atoms with van der Waals surface area (Å²) < 4.78 is 6.07. The zero-order chi connectivity index (χ0) is 32.6. The van der Waals surface area contributed by atoms with Gasteiger partial charge in [0.15, 0.2) is 28.9 Å². The standard InChI is InChI=1S/C42H26N6O/c1-3-13-27(14-4-1)38-46-39(28-15-5-2-6-16-28)48-41(47-38)30-18-11-17-29(25-30)37-33-21-7-8-22-34(33)43-40(45-37)31-19-12-20-32(26-31)42-44-35-23-9-10-24-36(35)49-42/h1-26H. The van der Waals surface area contributed by atoms with E-state index in [9.17, 15) is 0 Å². The van der Waals surface area contributed by atoms with Crippen LogP contribution in [-0.4, -0.2) is 29.9 Å². The molecule has 0 spiro atoms. The van der Waals surface area contributed by atoms with Crippen LogP contribution in [0, 0.1) is 0 Å². The van der Waals surface area contributed by atoms with Crippen molar-refractivity contribution < 1.29 is 4.42 Å². The molecule has 7 heteroatoms. The lowest BCUT2D eigenvalue weighted by atomic mass is 10.0. The van der Waals surface area contributed by atoms with Crippen LogP contribution in [0.4, 0.5) is 0 Å². The van der Waals surface area contributed by atoms with Gasteiger partial charge in [-0.1, -0.05) is 121 Å². The molecule has 0 aliphatic heterocycles. The number of fused-ring (bicyclic) bond motifs is 2. The van der Waals surface area contributed by atoms with Crippen LogP contribution in [0.25, 0.3) is 90.3 Å². The number of hydrogen-bond donors (Lipinski definition) is 0. The Morgan fingerprint density at radius 2 is 0.816 bits per heavy atom. The molecule has 0 unspecified atom stereocenters. The van der Waals surface area contributed by atoms with E-state index in [-0.39, 0.29) is 0 Å². The quantitative estimate of drug-likeness (QED) is 0.181. The van der Waals surface area contributed by atoms with Gasteiger partial charge in [0, 0.05) is 38.8 Å². The van der Waals surface area contributed by atoms with Gasteiger partial charge in [-0.3, -0.25) is 0 Å². The van der Waals surface area contributed by atoms with Gasteiger partial charge in [-0.25, -0.2) is 29.9 Å². The van der Waals surface area contributed by atoms with Crippen molar-refractivity contribution in [1.29, 1.82) is 0 Å². The first-order valence-electron chi connectivity index (χ1n) is 16.0. The summed E-state index contributed by atoms with van der Waals surface area (Å²) in [6, 6.07) is 52.0. The van der Waals surface area contributed by atoms with Crippen LogP contribution in [0.5, 0.6) is 0 Å². The van der Waals surface area contributed by atoms with Gasteiger partial charge in [-0.2, -0.15) is 0 Å². The highest BCUT2D eigenvalue weighted by molar-refractivity contribution is 5.94. The lowest BCUT2D eigenvalue weighted by Crippen LogP contribution is -2.00. The van der Waals surface area contributed by atoms with Crippen molar-refractivity contribution in [3.05, 3.63) is 158 Å². The van der Waals surface area contributed by atoms with Crippen LogP contribution >= 0.6 is 0 Å². The minimum atomic E-state index is 0.554. The molecule has 230 valence electrons. The average Bonchev–Trinajstić information content (AvgIpc) is 3.63. The van der Waals surface area contributed by atoms with Crippen LogP contribution < -0.4 is 0 Å². The molecule has 9 aromatic rings. The molecule has 0 atom stereocenters. The molecular formula is C42H26N6O. The van der Waals surface area contributed by atoms with Gasteiger partial charge in [0.1, 0.15) is 5.52 Å². The molecule has 9 rings (SSSR count). The number of aromatic nitrogens is 6. The number of nitrogens with zero attached hydrogens (tertiary/aromatic N) is 6. The monoisotopic (exact) mass is 630 g/mol. The van der Waals surface area contributed by atoms with Crippen molar-refractivity contribution in [1.82, 2.24) is 29.9 Å². The molecule has 3 aromatic heterocycles. The molecule has 0 bridgehead atoms. The maximum atomic E-state index is 6.07. The van der Waals surface area contributed by atoms with Gasteiger partial charge in [-0.05, 0) is 36.4 Å². The summed E-state index contributed by atoms with van der Waals surface area (Å²) in [6.45, 7) is 0. The molecule has 0 amide bonds. The summed E-state index contributed by atoms with van der Waals surface area (Å²) in [5.74, 6) is 2.97. The second kappa shape index (κ2) is 12.1. The first-order chi connectivity index (χ1) is 24.2. The smallest absolute Gasteiger partial charge is 0.227 e. The normalized spacial score (nSPS) is 11.3. The van der Waals surface area contributed by atoms with Crippen molar-refractivity contribution in [2.45, 2.75) is 0 Å². The van der Waals surface area contributed by atoms with Gasteiger partial charge in [0.2, 0.25) is 5.89 Å². The maximum Gasteiger partial charge on any atom is 0.227 e. The summed E-state index contributed by atoms with van der Waals surface area (Å²) in [6.07, 6.45) is 0. The van der Waals surface area contributed by atoms with Crippen LogP contribution in [0.2, 0.25) is 0 Å². The molecule has 0 saturated carbocycles. The number of oxazole rings is 1. The van der Waals surface area contributed by atoms with Gasteiger partial charge >= 0.3 is 0 Å². The lowest BCUT2D eigenvalue weighted by Gasteiger charge is -2.12. The third-order valence-electron chi connectivity index (χ3n) is 8.36. The van der Waals surface area contributed by atoms with E-state index in [4.69, 9.17) is 34.3 Å². The SMILES string of the molecule is c1ccc(-c2nc(-c3ccccc3)nc(-c3cccc(-c4nc(-c5cccc(-c6nc7ccccc7o6)c5)nc5ccccc45)c3)n2)cc1. The molecule has 0 saturated heterocycles. The van der Waals surface area contributed by atoms with E-state index in [0.29, 0.717) is 29.2 Å². The van der Waals surface area contributed by atoms with Gasteiger partial charge in [-0.15, -0.1) is 0 Å². The summed E-state index contributed by atoms with van der Waals surface area (Å²) in [7, 11) is 0. The van der Waals surface area contributed by atoms with Crippen LogP contribution in [0.3, 0.4) is 0 Å². The van der Waals surface area contributed by atoms with E-state index in [1.807, 2.05) is 140 Å². The zero-order valence-corrected chi connectivity index (χ0v) is 26.1. The Balaban J connectivity index is 1.17. The largest absolute Gasteiger partial charge is 0.436 e. The van der Waals surface area contributed by atoms with Crippen LogP contribution in [0.15, 0.2) is 162 Å². The molecule has 6 aromatic carbocycles. The van der Waals surface area contributed by atoms with E-state index in [2.05, 4.69) is 18.2 Å². The van der Waals surface area contributed by atoms with Crippen molar-refractivity contribution in [3.8, 4) is 68.3 Å². The summed E-state index contributed by atoms with van der Waals surface area (Å²) in [4.78, 5) is 29.6. The van der Waals surface area contributed by atoms with E-state index < -0.39 is 0 Å². The Kier molecular flexibility index (Phi) is 6.98. The molecular weight excluding hydrogens is 605 g/mol. The van der Waals surface area contributed by atoms with Crippen LogP contribution in [0.1, 0.15) is 0 Å². The van der Waals surface area contributed by atoms with Gasteiger partial charge < -0.3 is 4.42 Å². The third kappa shape index (κ3) is 5.49. The predicted octanol–water partition coefficient (Wildman–Crippen LogP) is 9.96. The van der Waals surface area contributed by atoms with Crippen molar-refractivity contribution >= 4 is 22.0 Å². The molecule has 7 nitrogen and oxygen atoms in total. The zero-order valence-electron chi connectivity index (χ0n) is 26.1. The Bertz CT molecular complexity index is 2530. The van der Waals surface area contributed by atoms with Crippen molar-refractivity contribution in [2.75, 3.05) is 0 Å². The summed E-state index contributed by atoms with van der Waals surface area (Å²) in [5.41, 5.74) is 8.57. The highest BCUT2D eigenvalue weighted by Crippen LogP contribution is 2.33. The Hall–Kier alpha value is -6.86. The number of hydrogen-bond acceptors (Lipinski definition) is 7. The second-order valence-electron chi connectivity index (χ2n) is 11.6. The Morgan fingerprint density at radius 3 is 1.49 bits per heavy atom. The summed E-state index contributed by atoms with van der Waals surface area (Å²) in [5, 5.41) is 0.948. The fourth-order valence-electron chi connectivity index (χ4n) is 5.96. The molecule has 0 aliphatic carbocycles. The fourth-order valence-corrected chi connectivity index (χ4v) is 5.96. The van der Waals surface area contributed by atoms with Gasteiger partial charge in [0.25, 0.3) is 0 Å². The molecule has 0 radical (unpaired) electrons. The number of para-hydroxylation sites is 3. The average molecular weight is 631 g/mol. The van der Waals surface area contributed by atoms with Gasteiger partial charge in [0.05, 0.1) is 11.2 Å². The van der Waals surface area contributed by atoms with Crippen molar-refractivity contribution in [2.24, 2.45) is 0 Å². The highest BCUT2D eigenvalue weighted by Gasteiger charge is 2.16. The molecule has 3 heterocycles. The molecule has 0 aliphatic rings. The summed E-state index contributed by atoms with van der Waals surface area (Å²) >= 11 is 0. The van der Waals surface area contributed by atoms with Crippen LogP contribution in [-0.2, 0) is 0 Å². The maximum absolute atomic E-state index is 6.07. The van der Waals surface area contributed by atoms with E-state index >= 15 is 0 Å². The highest BCUT2D eigenvalue weighted by atomic mass is 16.3. The second-order valence-corrected chi connectivity index (χ2v) is 11.6. The van der Waals surface area contributed by atoms with E-state index in [0.717, 1.165) is 61.1 Å². The molecule has 49 heavy (non-hydrogen) atoms. The molecule has 0 N–H and O–H groups in total. The first-order valence-corrected chi connectivity index (χ1v) is 16.0. The number of rotatable bonds is 6. The van der Waals surface area contributed by atoms with E-state index in [1.54, 1.807) is 0 Å².